The Morgan fingerprint density at radius 3 is 1.89 bits per heavy atom. The third kappa shape index (κ3) is 6.22. The molecule has 0 unspecified atom stereocenters. The fourth-order valence-corrected chi connectivity index (χ4v) is 2.97. The highest BCUT2D eigenvalue weighted by Gasteiger charge is 2.14. The summed E-state index contributed by atoms with van der Waals surface area (Å²) in [4.78, 5) is 26.3. The van der Waals surface area contributed by atoms with E-state index in [1.807, 2.05) is 49.4 Å². The minimum atomic E-state index is -0.141. The number of likely N-dealkylation sites (N-methyl/N-ethyl adjacent to an activating group) is 1. The normalized spacial score (nSPS) is 10.7. The van der Waals surface area contributed by atoms with E-state index in [9.17, 15) is 9.59 Å². The molecule has 0 saturated carbocycles. The van der Waals surface area contributed by atoms with Crippen LogP contribution in [0.25, 0.3) is 0 Å². The molecule has 5 heteroatoms. The molecule has 0 atom stereocenters. The molecule has 27 heavy (non-hydrogen) atoms. The molecule has 2 amide bonds. The summed E-state index contributed by atoms with van der Waals surface area (Å²) in [5.41, 5.74) is 5.06. The van der Waals surface area contributed by atoms with Crippen LogP contribution in [0.2, 0.25) is 0 Å². The van der Waals surface area contributed by atoms with Crippen LogP contribution in [0.5, 0.6) is 0 Å². The van der Waals surface area contributed by atoms with Crippen LogP contribution in [0, 0.1) is 6.92 Å². The third-order valence-corrected chi connectivity index (χ3v) is 4.43. The summed E-state index contributed by atoms with van der Waals surface area (Å²) in [7, 11) is 1.76. The summed E-state index contributed by atoms with van der Waals surface area (Å²) >= 11 is 0. The number of benzene rings is 2. The van der Waals surface area contributed by atoms with Crippen molar-refractivity contribution >= 4 is 23.2 Å². The summed E-state index contributed by atoms with van der Waals surface area (Å²) in [6, 6.07) is 13.7. The van der Waals surface area contributed by atoms with Gasteiger partial charge in [0.25, 0.3) is 0 Å². The number of hydrogen-bond donors (Lipinski definition) is 2. The Kier molecular flexibility index (Phi) is 7.55. The monoisotopic (exact) mass is 367 g/mol. The second-order valence-corrected chi connectivity index (χ2v) is 6.79. The highest BCUT2D eigenvalue weighted by atomic mass is 16.2. The zero-order valence-electron chi connectivity index (χ0n) is 16.6. The van der Waals surface area contributed by atoms with Gasteiger partial charge in [0.05, 0.1) is 13.1 Å². The lowest BCUT2D eigenvalue weighted by atomic mass is 10.0. The molecule has 0 fully saturated rings. The molecule has 2 aromatic rings. The number of carbonyl (C=O) groups is 2. The molecule has 0 aliphatic heterocycles. The lowest BCUT2D eigenvalue weighted by Crippen LogP contribution is -2.36. The van der Waals surface area contributed by atoms with E-state index in [0.29, 0.717) is 0 Å². The van der Waals surface area contributed by atoms with Crippen LogP contribution in [0.4, 0.5) is 11.4 Å². The molecule has 2 rings (SSSR count). The van der Waals surface area contributed by atoms with E-state index in [1.165, 1.54) is 0 Å². The van der Waals surface area contributed by atoms with Gasteiger partial charge in [-0.3, -0.25) is 14.5 Å². The molecule has 144 valence electrons. The molecule has 0 aliphatic carbocycles. The summed E-state index contributed by atoms with van der Waals surface area (Å²) in [5.74, 6) is -0.256. The van der Waals surface area contributed by atoms with E-state index in [0.717, 1.165) is 40.9 Å². The summed E-state index contributed by atoms with van der Waals surface area (Å²) in [6.45, 7) is 6.45. The van der Waals surface area contributed by atoms with Crippen LogP contribution in [-0.4, -0.2) is 36.9 Å². The smallest absolute Gasteiger partial charge is 0.238 e. The molecule has 0 radical (unpaired) electrons. The van der Waals surface area contributed by atoms with Crippen molar-refractivity contribution in [2.75, 3.05) is 30.8 Å². The Morgan fingerprint density at radius 2 is 1.37 bits per heavy atom. The molecule has 0 aromatic heterocycles. The first-order chi connectivity index (χ1) is 12.9. The fourth-order valence-electron chi connectivity index (χ4n) is 2.97. The molecule has 0 spiro atoms. The Balaban J connectivity index is 1.90. The van der Waals surface area contributed by atoms with Crippen molar-refractivity contribution in [1.82, 2.24) is 4.90 Å². The van der Waals surface area contributed by atoms with Crippen LogP contribution in [-0.2, 0) is 22.4 Å². The van der Waals surface area contributed by atoms with Crippen LogP contribution < -0.4 is 10.6 Å². The number of anilines is 2. The lowest BCUT2D eigenvalue weighted by Gasteiger charge is -2.18. The van der Waals surface area contributed by atoms with Gasteiger partial charge in [0.15, 0.2) is 0 Å². The number of nitrogens with zero attached hydrogens (tertiary/aromatic N) is 1. The first-order valence-electron chi connectivity index (χ1n) is 9.38. The van der Waals surface area contributed by atoms with Gasteiger partial charge in [-0.05, 0) is 50.1 Å². The minimum Gasteiger partial charge on any atom is -0.325 e. The van der Waals surface area contributed by atoms with Gasteiger partial charge in [-0.1, -0.05) is 49.7 Å². The van der Waals surface area contributed by atoms with Gasteiger partial charge in [0.2, 0.25) is 11.8 Å². The Labute approximate surface area is 161 Å². The van der Waals surface area contributed by atoms with Gasteiger partial charge in [-0.15, -0.1) is 0 Å². The van der Waals surface area contributed by atoms with Crippen molar-refractivity contribution in [2.45, 2.75) is 33.6 Å². The Bertz CT molecular complexity index is 762. The summed E-state index contributed by atoms with van der Waals surface area (Å²) in [6.07, 6.45) is 1.72. The van der Waals surface area contributed by atoms with Crippen LogP contribution in [0.15, 0.2) is 42.5 Å². The molecule has 2 aromatic carbocycles. The van der Waals surface area contributed by atoms with Crippen LogP contribution in [0.3, 0.4) is 0 Å². The second kappa shape index (κ2) is 9.88. The maximum Gasteiger partial charge on any atom is 0.238 e. The number of hydrogen-bond acceptors (Lipinski definition) is 3. The first kappa shape index (κ1) is 20.6. The van der Waals surface area contributed by atoms with E-state index in [-0.39, 0.29) is 24.9 Å². The van der Waals surface area contributed by atoms with Crippen molar-refractivity contribution < 1.29 is 9.59 Å². The van der Waals surface area contributed by atoms with Gasteiger partial charge in [0, 0.05) is 11.4 Å². The number of amides is 2. The van der Waals surface area contributed by atoms with E-state index in [2.05, 4.69) is 24.5 Å². The van der Waals surface area contributed by atoms with E-state index >= 15 is 0 Å². The van der Waals surface area contributed by atoms with Gasteiger partial charge in [-0.25, -0.2) is 0 Å². The number of carbonyl (C=O) groups excluding carboxylic acids is 2. The van der Waals surface area contributed by atoms with Crippen molar-refractivity contribution in [2.24, 2.45) is 0 Å². The van der Waals surface area contributed by atoms with E-state index < -0.39 is 0 Å². The van der Waals surface area contributed by atoms with Gasteiger partial charge in [0.1, 0.15) is 0 Å². The predicted octanol–water partition coefficient (Wildman–Crippen LogP) is 3.63. The largest absolute Gasteiger partial charge is 0.325 e. The summed E-state index contributed by atoms with van der Waals surface area (Å²) < 4.78 is 0. The Morgan fingerprint density at radius 1 is 0.852 bits per heavy atom. The van der Waals surface area contributed by atoms with E-state index in [4.69, 9.17) is 0 Å². The molecular weight excluding hydrogens is 338 g/mol. The zero-order chi connectivity index (χ0) is 19.8. The van der Waals surface area contributed by atoms with Crippen molar-refractivity contribution in [3.63, 3.8) is 0 Å². The predicted molar refractivity (Wildman–Crippen MR) is 111 cm³/mol. The lowest BCUT2D eigenvalue weighted by molar-refractivity contribution is -0.119. The number of para-hydroxylation sites is 1. The molecular formula is C22H29N3O2. The highest BCUT2D eigenvalue weighted by molar-refractivity contribution is 5.95. The van der Waals surface area contributed by atoms with Gasteiger partial charge in [-0.2, -0.15) is 0 Å². The van der Waals surface area contributed by atoms with Crippen LogP contribution in [0.1, 0.15) is 30.5 Å². The van der Waals surface area contributed by atoms with E-state index in [1.54, 1.807) is 11.9 Å². The zero-order valence-corrected chi connectivity index (χ0v) is 16.6. The average Bonchev–Trinajstić information content (AvgIpc) is 2.63. The second-order valence-electron chi connectivity index (χ2n) is 6.79. The van der Waals surface area contributed by atoms with Gasteiger partial charge >= 0.3 is 0 Å². The molecule has 0 heterocycles. The van der Waals surface area contributed by atoms with Crippen molar-refractivity contribution in [3.05, 3.63) is 59.2 Å². The maximum atomic E-state index is 12.5. The van der Waals surface area contributed by atoms with Gasteiger partial charge < -0.3 is 10.6 Å². The highest BCUT2D eigenvalue weighted by Crippen LogP contribution is 2.22. The number of nitrogens with one attached hydrogen (secondary N) is 2. The minimum absolute atomic E-state index is 0.115. The van der Waals surface area contributed by atoms with Crippen molar-refractivity contribution in [3.8, 4) is 0 Å². The molecule has 2 N–H and O–H groups in total. The summed E-state index contributed by atoms with van der Waals surface area (Å²) in [5, 5.41) is 5.88. The Hall–Kier alpha value is -2.66. The SMILES string of the molecule is CCc1cccc(CC)c1NC(=O)CN(C)CC(=O)Nc1ccc(C)cc1. The molecule has 0 bridgehead atoms. The average molecular weight is 367 g/mol. The third-order valence-electron chi connectivity index (χ3n) is 4.43. The molecule has 0 aliphatic rings. The fraction of sp³-hybridized carbons (Fsp3) is 0.364. The topological polar surface area (TPSA) is 61.4 Å². The first-order valence-corrected chi connectivity index (χ1v) is 9.38. The maximum absolute atomic E-state index is 12.5. The standard InChI is InChI=1S/C22H29N3O2/c1-5-17-8-7-9-18(6-2)22(17)24-21(27)15-25(4)14-20(26)23-19-12-10-16(3)11-13-19/h7-13H,5-6,14-15H2,1-4H3,(H,23,26)(H,24,27). The molecule has 0 saturated heterocycles. The van der Waals surface area contributed by atoms with Crippen molar-refractivity contribution in [1.29, 1.82) is 0 Å². The quantitative estimate of drug-likeness (QED) is 0.749. The van der Waals surface area contributed by atoms with Crippen LogP contribution >= 0.6 is 0 Å². The molecule has 5 nitrogen and oxygen atoms in total. The number of rotatable bonds is 8. The number of aryl methyl sites for hydroxylation is 3.